The molecule has 0 bridgehead atoms. The zero-order chi connectivity index (χ0) is 14.2. The average molecular weight is 330 g/mol. The normalized spacial score (nSPS) is 22.5. The number of carbonyl (C=O) groups is 1. The van der Waals surface area contributed by atoms with Crippen molar-refractivity contribution in [3.8, 4) is 0 Å². The lowest BCUT2D eigenvalue weighted by atomic mass is 9.90. The van der Waals surface area contributed by atoms with Crippen molar-refractivity contribution in [1.29, 1.82) is 0 Å². The van der Waals surface area contributed by atoms with Gasteiger partial charge >= 0.3 is 11.7 Å². The van der Waals surface area contributed by atoms with E-state index >= 15 is 0 Å². The predicted molar refractivity (Wildman–Crippen MR) is 71.2 cm³/mol. The molecule has 19 heavy (non-hydrogen) atoms. The van der Waals surface area contributed by atoms with Gasteiger partial charge in [0.05, 0.1) is 14.8 Å². The molecule has 0 aromatic carbocycles. The Morgan fingerprint density at radius 2 is 2.32 bits per heavy atom. The molecule has 1 N–H and O–H groups in total. The van der Waals surface area contributed by atoms with E-state index in [-0.39, 0.29) is 12.2 Å². The molecular formula is C11H12BrN3O4. The van der Waals surface area contributed by atoms with Crippen LogP contribution in [0.1, 0.15) is 13.3 Å². The summed E-state index contributed by atoms with van der Waals surface area (Å²) in [6.07, 6.45) is 3.10. The van der Waals surface area contributed by atoms with E-state index in [4.69, 9.17) is 0 Å². The van der Waals surface area contributed by atoms with E-state index < -0.39 is 16.3 Å². The number of hydrogen-bond acceptors (Lipinski definition) is 5. The molecular weight excluding hydrogens is 318 g/mol. The highest BCUT2D eigenvalue weighted by atomic mass is 79.9. The summed E-state index contributed by atoms with van der Waals surface area (Å²) in [5.74, 6) is -0.886. The van der Waals surface area contributed by atoms with Crippen LogP contribution in [-0.4, -0.2) is 34.1 Å². The van der Waals surface area contributed by atoms with E-state index in [2.05, 4.69) is 20.9 Å². The lowest BCUT2D eigenvalue weighted by Crippen LogP contribution is -2.32. The molecule has 1 atom stereocenters. The van der Waals surface area contributed by atoms with Crippen LogP contribution in [0.4, 0.5) is 11.4 Å². The highest BCUT2D eigenvalue weighted by molar-refractivity contribution is 9.10. The van der Waals surface area contributed by atoms with E-state index in [0.29, 0.717) is 23.1 Å². The van der Waals surface area contributed by atoms with Gasteiger partial charge < -0.3 is 10.0 Å². The van der Waals surface area contributed by atoms with Gasteiger partial charge in [-0.05, 0) is 29.3 Å². The number of nitrogens with zero attached hydrogens (tertiary/aromatic N) is 3. The van der Waals surface area contributed by atoms with Gasteiger partial charge in [-0.25, -0.2) is 0 Å². The van der Waals surface area contributed by atoms with Gasteiger partial charge in [-0.3, -0.25) is 19.9 Å². The van der Waals surface area contributed by atoms with Crippen LogP contribution >= 0.6 is 15.9 Å². The maximum atomic E-state index is 11.2. The number of nitro groups is 1. The van der Waals surface area contributed by atoms with Crippen molar-refractivity contribution in [3.05, 3.63) is 27.0 Å². The number of pyridine rings is 1. The fraction of sp³-hybridized carbons (Fsp3) is 0.455. The van der Waals surface area contributed by atoms with Crippen molar-refractivity contribution < 1.29 is 14.8 Å². The summed E-state index contributed by atoms with van der Waals surface area (Å²) in [6, 6.07) is 0. The number of carboxylic acid groups (broad SMARTS) is 1. The van der Waals surface area contributed by atoms with Crippen LogP contribution in [0.15, 0.2) is 16.9 Å². The summed E-state index contributed by atoms with van der Waals surface area (Å²) in [6.45, 7) is 2.36. The molecule has 0 radical (unpaired) electrons. The Morgan fingerprint density at radius 3 is 2.84 bits per heavy atom. The molecule has 102 valence electrons. The van der Waals surface area contributed by atoms with E-state index in [0.717, 1.165) is 0 Å². The van der Waals surface area contributed by atoms with Crippen molar-refractivity contribution in [2.45, 2.75) is 13.3 Å². The summed E-state index contributed by atoms with van der Waals surface area (Å²) >= 11 is 3.24. The van der Waals surface area contributed by atoms with Crippen molar-refractivity contribution >= 4 is 33.3 Å². The molecule has 1 aromatic rings. The molecule has 2 rings (SSSR count). The number of halogens is 1. The number of anilines is 1. The van der Waals surface area contributed by atoms with Gasteiger partial charge in [-0.15, -0.1) is 0 Å². The zero-order valence-electron chi connectivity index (χ0n) is 10.2. The molecule has 1 aliphatic heterocycles. The Morgan fingerprint density at radius 1 is 1.63 bits per heavy atom. The first-order chi connectivity index (χ1) is 8.85. The standard InChI is InChI=1S/C11H12BrN3O4/c1-11(10(16)17)2-3-14(6-11)9-7(12)4-13-5-8(9)15(18)19/h4-5H,2-3,6H2,1H3,(H,16,17). The first kappa shape index (κ1) is 13.7. The van der Waals surface area contributed by atoms with Gasteiger partial charge in [0.25, 0.3) is 0 Å². The Hall–Kier alpha value is -1.70. The molecule has 0 aliphatic carbocycles. The Balaban J connectivity index is 2.39. The predicted octanol–water partition coefficient (Wildman–Crippen LogP) is 2.05. The Bertz CT molecular complexity index is 551. The molecule has 8 heteroatoms. The van der Waals surface area contributed by atoms with Crippen molar-refractivity contribution in [1.82, 2.24) is 4.98 Å². The SMILES string of the molecule is CC1(C(=O)O)CCN(c2c(Br)cncc2[N+](=O)[O-])C1. The summed E-state index contributed by atoms with van der Waals surface area (Å²) in [5, 5.41) is 20.2. The number of hydrogen-bond donors (Lipinski definition) is 1. The number of rotatable bonds is 3. The minimum atomic E-state index is -0.886. The zero-order valence-corrected chi connectivity index (χ0v) is 11.8. The van der Waals surface area contributed by atoms with Gasteiger partial charge in [-0.2, -0.15) is 0 Å². The average Bonchev–Trinajstić information content (AvgIpc) is 2.72. The van der Waals surface area contributed by atoms with Crippen LogP contribution in [0, 0.1) is 15.5 Å². The second kappa shape index (κ2) is 4.76. The highest BCUT2D eigenvalue weighted by Gasteiger charge is 2.42. The maximum absolute atomic E-state index is 11.2. The van der Waals surface area contributed by atoms with E-state index in [1.807, 2.05) is 0 Å². The second-order valence-electron chi connectivity index (χ2n) is 4.78. The third-order valence-electron chi connectivity index (χ3n) is 3.36. The number of aliphatic carboxylic acids is 1. The molecule has 7 nitrogen and oxygen atoms in total. The smallest absolute Gasteiger partial charge is 0.311 e. The summed E-state index contributed by atoms with van der Waals surface area (Å²) in [4.78, 5) is 27.2. The van der Waals surface area contributed by atoms with Gasteiger partial charge in [0.2, 0.25) is 0 Å². The van der Waals surface area contributed by atoms with Crippen molar-refractivity contribution in [2.75, 3.05) is 18.0 Å². The van der Waals surface area contributed by atoms with E-state index in [9.17, 15) is 20.0 Å². The summed E-state index contributed by atoms with van der Waals surface area (Å²) < 4.78 is 0.497. The minimum Gasteiger partial charge on any atom is -0.481 e. The first-order valence-corrected chi connectivity index (χ1v) is 6.41. The maximum Gasteiger partial charge on any atom is 0.311 e. The van der Waals surface area contributed by atoms with Gasteiger partial charge in [-0.1, -0.05) is 0 Å². The van der Waals surface area contributed by atoms with E-state index in [1.54, 1.807) is 11.8 Å². The number of aromatic nitrogens is 1. The molecule has 1 aliphatic rings. The largest absolute Gasteiger partial charge is 0.481 e. The van der Waals surface area contributed by atoms with Crippen molar-refractivity contribution in [2.24, 2.45) is 5.41 Å². The van der Waals surface area contributed by atoms with Crippen molar-refractivity contribution in [3.63, 3.8) is 0 Å². The third-order valence-corrected chi connectivity index (χ3v) is 3.94. The highest BCUT2D eigenvalue weighted by Crippen LogP contribution is 2.40. The second-order valence-corrected chi connectivity index (χ2v) is 5.64. The van der Waals surface area contributed by atoms with Crippen LogP contribution in [-0.2, 0) is 4.79 Å². The third kappa shape index (κ3) is 2.40. The summed E-state index contributed by atoms with van der Waals surface area (Å²) in [5.41, 5.74) is -0.606. The van der Waals surface area contributed by atoms with Crippen LogP contribution in [0.3, 0.4) is 0 Å². The molecule has 1 fully saturated rings. The lowest BCUT2D eigenvalue weighted by molar-refractivity contribution is -0.384. The van der Waals surface area contributed by atoms with Crippen LogP contribution in [0.2, 0.25) is 0 Å². The lowest BCUT2D eigenvalue weighted by Gasteiger charge is -2.22. The minimum absolute atomic E-state index is 0.121. The Labute approximate surface area is 117 Å². The molecule has 0 saturated carbocycles. The molecule has 0 spiro atoms. The molecule has 1 aromatic heterocycles. The molecule has 1 saturated heterocycles. The molecule has 2 heterocycles. The quantitative estimate of drug-likeness (QED) is 0.673. The van der Waals surface area contributed by atoms with Gasteiger partial charge in [0, 0.05) is 19.3 Å². The van der Waals surface area contributed by atoms with Gasteiger partial charge in [0.1, 0.15) is 11.9 Å². The fourth-order valence-electron chi connectivity index (χ4n) is 2.19. The first-order valence-electron chi connectivity index (χ1n) is 5.61. The molecule has 0 amide bonds. The van der Waals surface area contributed by atoms with Crippen LogP contribution in [0.25, 0.3) is 0 Å². The molecule has 1 unspecified atom stereocenters. The monoisotopic (exact) mass is 329 g/mol. The number of carboxylic acids is 1. The van der Waals surface area contributed by atoms with Crippen LogP contribution < -0.4 is 4.90 Å². The van der Waals surface area contributed by atoms with Crippen LogP contribution in [0.5, 0.6) is 0 Å². The summed E-state index contributed by atoms with van der Waals surface area (Å²) in [7, 11) is 0. The Kier molecular flexibility index (Phi) is 3.44. The van der Waals surface area contributed by atoms with E-state index in [1.165, 1.54) is 12.4 Å². The van der Waals surface area contributed by atoms with Gasteiger partial charge in [0.15, 0.2) is 0 Å². The topological polar surface area (TPSA) is 96.6 Å². The fourth-order valence-corrected chi connectivity index (χ4v) is 2.76.